The summed E-state index contributed by atoms with van der Waals surface area (Å²) >= 11 is 0. The van der Waals surface area contributed by atoms with E-state index in [0.717, 1.165) is 36.2 Å². The lowest BCUT2D eigenvalue weighted by Crippen LogP contribution is -2.16. The Morgan fingerprint density at radius 2 is 2.38 bits per heavy atom. The topological polar surface area (TPSA) is 64.1 Å². The van der Waals surface area contributed by atoms with Gasteiger partial charge in [0.2, 0.25) is 0 Å². The summed E-state index contributed by atoms with van der Waals surface area (Å²) in [6.07, 6.45) is 3.58. The molecule has 0 saturated carbocycles. The number of oxazole rings is 1. The zero-order chi connectivity index (χ0) is 11.4. The van der Waals surface area contributed by atoms with Gasteiger partial charge in [0.15, 0.2) is 12.0 Å². The summed E-state index contributed by atoms with van der Waals surface area (Å²) in [5, 5.41) is 3.34. The zero-order valence-electron chi connectivity index (χ0n) is 9.44. The molecule has 1 unspecified atom stereocenters. The molecule has 0 aliphatic carbocycles. The molecular formula is C12H17N3O. The Kier molecular flexibility index (Phi) is 3.41. The first kappa shape index (κ1) is 11.0. The first-order valence-electron chi connectivity index (χ1n) is 5.58. The summed E-state index contributed by atoms with van der Waals surface area (Å²) in [5.41, 5.74) is 8.45. The molecule has 0 amide bonds. The Bertz CT molecular complexity index is 450. The van der Waals surface area contributed by atoms with Gasteiger partial charge in [-0.15, -0.1) is 0 Å². The lowest BCUT2D eigenvalue weighted by molar-refractivity contribution is 0.602. The van der Waals surface area contributed by atoms with Crippen molar-refractivity contribution in [2.45, 2.75) is 25.8 Å². The van der Waals surface area contributed by atoms with Crippen LogP contribution in [0.4, 0.5) is 5.69 Å². The molecule has 0 saturated heterocycles. The van der Waals surface area contributed by atoms with Crippen molar-refractivity contribution in [2.75, 3.05) is 11.9 Å². The van der Waals surface area contributed by atoms with Crippen molar-refractivity contribution in [3.05, 3.63) is 24.6 Å². The SMILES string of the molecule is CC(N)CCCNc1ccc2ncoc2c1. The molecule has 0 fully saturated rings. The van der Waals surface area contributed by atoms with Gasteiger partial charge in [-0.3, -0.25) is 0 Å². The van der Waals surface area contributed by atoms with E-state index in [1.54, 1.807) is 0 Å². The van der Waals surface area contributed by atoms with Gasteiger partial charge < -0.3 is 15.5 Å². The van der Waals surface area contributed by atoms with Gasteiger partial charge in [-0.1, -0.05) is 0 Å². The van der Waals surface area contributed by atoms with Crippen LogP contribution in [0.15, 0.2) is 29.0 Å². The molecule has 0 spiro atoms. The summed E-state index contributed by atoms with van der Waals surface area (Å²) in [5.74, 6) is 0. The number of hydrogen-bond acceptors (Lipinski definition) is 4. The number of benzene rings is 1. The molecule has 1 heterocycles. The zero-order valence-corrected chi connectivity index (χ0v) is 9.44. The average Bonchev–Trinajstić information content (AvgIpc) is 2.71. The fourth-order valence-corrected chi connectivity index (χ4v) is 1.62. The minimum atomic E-state index is 0.276. The third-order valence-electron chi connectivity index (χ3n) is 2.50. The van der Waals surface area contributed by atoms with Gasteiger partial charge in [-0.05, 0) is 31.9 Å². The number of nitrogens with one attached hydrogen (secondary N) is 1. The molecule has 2 aromatic rings. The Balaban J connectivity index is 1.89. The lowest BCUT2D eigenvalue weighted by Gasteiger charge is -2.07. The smallest absolute Gasteiger partial charge is 0.181 e. The van der Waals surface area contributed by atoms with Crippen molar-refractivity contribution in [1.29, 1.82) is 0 Å². The first-order chi connectivity index (χ1) is 7.75. The van der Waals surface area contributed by atoms with Crippen LogP contribution in [0.25, 0.3) is 11.1 Å². The van der Waals surface area contributed by atoms with Crippen LogP contribution in [0.5, 0.6) is 0 Å². The minimum absolute atomic E-state index is 0.276. The van der Waals surface area contributed by atoms with E-state index in [1.165, 1.54) is 6.39 Å². The number of anilines is 1. The molecule has 1 atom stereocenters. The lowest BCUT2D eigenvalue weighted by atomic mass is 10.2. The molecule has 2 rings (SSSR count). The van der Waals surface area contributed by atoms with Gasteiger partial charge in [0, 0.05) is 24.3 Å². The van der Waals surface area contributed by atoms with Gasteiger partial charge in [0.1, 0.15) is 5.52 Å². The Hall–Kier alpha value is -1.55. The third-order valence-corrected chi connectivity index (χ3v) is 2.50. The van der Waals surface area contributed by atoms with E-state index in [9.17, 15) is 0 Å². The normalized spacial score (nSPS) is 12.9. The highest BCUT2D eigenvalue weighted by Gasteiger charge is 2.00. The number of hydrogen-bond donors (Lipinski definition) is 2. The van der Waals surface area contributed by atoms with Crippen LogP contribution in [0, 0.1) is 0 Å². The minimum Gasteiger partial charge on any atom is -0.443 e. The predicted octanol–water partition coefficient (Wildman–Crippen LogP) is 2.37. The Morgan fingerprint density at radius 1 is 1.50 bits per heavy atom. The monoisotopic (exact) mass is 219 g/mol. The summed E-state index contributed by atoms with van der Waals surface area (Å²) in [6, 6.07) is 6.20. The van der Waals surface area contributed by atoms with Crippen LogP contribution in [0.3, 0.4) is 0 Å². The Morgan fingerprint density at radius 3 is 3.19 bits per heavy atom. The van der Waals surface area contributed by atoms with Crippen LogP contribution < -0.4 is 11.1 Å². The van der Waals surface area contributed by atoms with E-state index in [1.807, 2.05) is 25.1 Å². The molecule has 4 heteroatoms. The molecule has 0 aliphatic heterocycles. The predicted molar refractivity (Wildman–Crippen MR) is 65.4 cm³/mol. The molecular weight excluding hydrogens is 202 g/mol. The second kappa shape index (κ2) is 4.99. The fourth-order valence-electron chi connectivity index (χ4n) is 1.62. The van der Waals surface area contributed by atoms with Gasteiger partial charge >= 0.3 is 0 Å². The maximum absolute atomic E-state index is 5.68. The first-order valence-corrected chi connectivity index (χ1v) is 5.58. The van der Waals surface area contributed by atoms with Crippen LogP contribution in [-0.4, -0.2) is 17.6 Å². The van der Waals surface area contributed by atoms with Crippen molar-refractivity contribution in [2.24, 2.45) is 5.73 Å². The van der Waals surface area contributed by atoms with E-state index in [0.29, 0.717) is 0 Å². The molecule has 16 heavy (non-hydrogen) atoms. The van der Waals surface area contributed by atoms with E-state index in [4.69, 9.17) is 10.2 Å². The standard InChI is InChI=1S/C12H17N3O/c1-9(13)3-2-6-14-10-4-5-11-12(7-10)16-8-15-11/h4-5,7-9,14H,2-3,6,13H2,1H3. The molecule has 0 bridgehead atoms. The fraction of sp³-hybridized carbons (Fsp3) is 0.417. The van der Waals surface area contributed by atoms with Crippen molar-refractivity contribution in [3.8, 4) is 0 Å². The summed E-state index contributed by atoms with van der Waals surface area (Å²) in [6.45, 7) is 2.96. The van der Waals surface area contributed by atoms with Gasteiger partial charge in [0.25, 0.3) is 0 Å². The van der Waals surface area contributed by atoms with Crippen molar-refractivity contribution < 1.29 is 4.42 Å². The van der Waals surface area contributed by atoms with E-state index >= 15 is 0 Å². The molecule has 0 radical (unpaired) electrons. The van der Waals surface area contributed by atoms with Crippen molar-refractivity contribution in [3.63, 3.8) is 0 Å². The molecule has 86 valence electrons. The van der Waals surface area contributed by atoms with Gasteiger partial charge in [-0.2, -0.15) is 0 Å². The highest BCUT2D eigenvalue weighted by molar-refractivity contribution is 5.76. The Labute approximate surface area is 94.8 Å². The van der Waals surface area contributed by atoms with Crippen LogP contribution in [0.2, 0.25) is 0 Å². The van der Waals surface area contributed by atoms with Crippen LogP contribution >= 0.6 is 0 Å². The third kappa shape index (κ3) is 2.73. The summed E-state index contributed by atoms with van der Waals surface area (Å²) in [7, 11) is 0. The van der Waals surface area contributed by atoms with Crippen molar-refractivity contribution >= 4 is 16.8 Å². The van der Waals surface area contributed by atoms with E-state index in [2.05, 4.69) is 10.3 Å². The van der Waals surface area contributed by atoms with Crippen molar-refractivity contribution in [1.82, 2.24) is 4.98 Å². The number of aromatic nitrogens is 1. The quantitative estimate of drug-likeness (QED) is 0.758. The average molecular weight is 219 g/mol. The molecule has 0 aliphatic rings. The number of nitrogens with two attached hydrogens (primary N) is 1. The largest absolute Gasteiger partial charge is 0.443 e. The van der Waals surface area contributed by atoms with E-state index < -0.39 is 0 Å². The van der Waals surface area contributed by atoms with E-state index in [-0.39, 0.29) is 6.04 Å². The maximum Gasteiger partial charge on any atom is 0.181 e. The second-order valence-electron chi connectivity index (χ2n) is 4.08. The summed E-state index contributed by atoms with van der Waals surface area (Å²) < 4.78 is 5.23. The molecule has 1 aromatic heterocycles. The second-order valence-corrected chi connectivity index (χ2v) is 4.08. The molecule has 1 aromatic carbocycles. The highest BCUT2D eigenvalue weighted by atomic mass is 16.3. The number of nitrogens with zero attached hydrogens (tertiary/aromatic N) is 1. The number of rotatable bonds is 5. The molecule has 4 nitrogen and oxygen atoms in total. The van der Waals surface area contributed by atoms with Gasteiger partial charge in [-0.25, -0.2) is 4.98 Å². The maximum atomic E-state index is 5.68. The van der Waals surface area contributed by atoms with Crippen LogP contribution in [0.1, 0.15) is 19.8 Å². The highest BCUT2D eigenvalue weighted by Crippen LogP contribution is 2.17. The number of fused-ring (bicyclic) bond motifs is 1. The molecule has 3 N–H and O–H groups in total. The van der Waals surface area contributed by atoms with Gasteiger partial charge in [0.05, 0.1) is 0 Å². The van der Waals surface area contributed by atoms with Crippen LogP contribution in [-0.2, 0) is 0 Å². The summed E-state index contributed by atoms with van der Waals surface area (Å²) in [4.78, 5) is 4.07.